The number of nitrogen functional groups attached to an aromatic ring is 1. The largest absolute Gasteiger partial charge is 0.491 e. The van der Waals surface area contributed by atoms with Gasteiger partial charge in [-0.25, -0.2) is 24.3 Å². The summed E-state index contributed by atoms with van der Waals surface area (Å²) < 4.78 is 20.6. The summed E-state index contributed by atoms with van der Waals surface area (Å²) in [5.41, 5.74) is 10.3. The van der Waals surface area contributed by atoms with Crippen LogP contribution in [0.1, 0.15) is 18.4 Å². The highest BCUT2D eigenvalue weighted by atomic mass is 19.1. The van der Waals surface area contributed by atoms with Crippen LogP contribution in [0.25, 0.3) is 39.5 Å². The predicted molar refractivity (Wildman–Crippen MR) is 170 cm³/mol. The Kier molecular flexibility index (Phi) is 7.26. The lowest BCUT2D eigenvalue weighted by atomic mass is 10.0. The van der Waals surface area contributed by atoms with Crippen LogP contribution in [-0.4, -0.2) is 55.6 Å². The zero-order valence-corrected chi connectivity index (χ0v) is 24.4. The molecule has 1 saturated heterocycles. The van der Waals surface area contributed by atoms with Crippen LogP contribution in [0, 0.1) is 5.82 Å². The van der Waals surface area contributed by atoms with E-state index in [9.17, 15) is 14.0 Å². The zero-order chi connectivity index (χ0) is 31.1. The number of hydrogen-bond donors (Lipinski definition) is 2. The molecule has 0 aliphatic carbocycles. The first-order valence-corrected chi connectivity index (χ1v) is 14.6. The second-order valence-electron chi connectivity index (χ2n) is 11.1. The van der Waals surface area contributed by atoms with Crippen molar-refractivity contribution in [2.45, 2.75) is 25.4 Å². The van der Waals surface area contributed by atoms with Gasteiger partial charge < -0.3 is 15.8 Å². The summed E-state index contributed by atoms with van der Waals surface area (Å²) in [6.07, 6.45) is 6.22. The summed E-state index contributed by atoms with van der Waals surface area (Å²) in [4.78, 5) is 43.7. The SMILES string of the molecule is COc1c(NC2CCN(Cc3ccc(-n4c(-c5cccnc5N)cc5cnc(-c6ccc(F)cn6)nc54)cc3)CC2)c(=O)c1=O. The monoisotopic (exact) mass is 604 g/mol. The highest BCUT2D eigenvalue weighted by molar-refractivity contribution is 5.89. The molecule has 4 aromatic heterocycles. The van der Waals surface area contributed by atoms with E-state index in [1.807, 2.05) is 22.8 Å². The molecule has 0 unspecified atom stereocenters. The average molecular weight is 605 g/mol. The van der Waals surface area contributed by atoms with Gasteiger partial charge in [-0.3, -0.25) is 19.1 Å². The number of piperidine rings is 1. The van der Waals surface area contributed by atoms with E-state index in [0.29, 0.717) is 28.7 Å². The van der Waals surface area contributed by atoms with E-state index in [1.165, 1.54) is 13.2 Å². The Bertz CT molecular complexity index is 2080. The first-order valence-electron chi connectivity index (χ1n) is 14.6. The van der Waals surface area contributed by atoms with Crippen molar-refractivity contribution >= 4 is 22.5 Å². The normalized spacial score (nSPS) is 14.3. The van der Waals surface area contributed by atoms with Gasteiger partial charge in [0.05, 0.1) is 19.0 Å². The number of hydrogen-bond acceptors (Lipinski definition) is 10. The highest BCUT2D eigenvalue weighted by Gasteiger charge is 2.26. The van der Waals surface area contributed by atoms with Crippen molar-refractivity contribution < 1.29 is 9.13 Å². The third-order valence-corrected chi connectivity index (χ3v) is 8.22. The number of fused-ring (bicyclic) bond motifs is 1. The van der Waals surface area contributed by atoms with Gasteiger partial charge in [0.25, 0.3) is 10.9 Å². The number of aromatic nitrogens is 5. The van der Waals surface area contributed by atoms with Gasteiger partial charge in [0.15, 0.2) is 11.6 Å². The molecule has 3 N–H and O–H groups in total. The number of halogens is 1. The molecule has 12 heteroatoms. The third-order valence-electron chi connectivity index (χ3n) is 8.22. The number of ether oxygens (including phenoxy) is 1. The fourth-order valence-electron chi connectivity index (χ4n) is 5.86. The number of rotatable bonds is 8. The van der Waals surface area contributed by atoms with E-state index < -0.39 is 16.7 Å². The fourth-order valence-corrected chi connectivity index (χ4v) is 5.86. The van der Waals surface area contributed by atoms with Gasteiger partial charge in [0.2, 0.25) is 0 Å². The molecule has 0 spiro atoms. The lowest BCUT2D eigenvalue weighted by molar-refractivity contribution is 0.211. The van der Waals surface area contributed by atoms with Gasteiger partial charge in [0.1, 0.15) is 28.7 Å². The van der Waals surface area contributed by atoms with Crippen LogP contribution in [0.2, 0.25) is 0 Å². The van der Waals surface area contributed by atoms with E-state index in [1.54, 1.807) is 18.5 Å². The predicted octanol–water partition coefficient (Wildman–Crippen LogP) is 3.95. The Morgan fingerprint density at radius 2 is 1.80 bits per heavy atom. The number of nitrogens with one attached hydrogen (secondary N) is 1. The summed E-state index contributed by atoms with van der Waals surface area (Å²) >= 11 is 0. The Labute approximate surface area is 256 Å². The molecule has 0 amide bonds. The molecule has 11 nitrogen and oxygen atoms in total. The zero-order valence-electron chi connectivity index (χ0n) is 24.4. The summed E-state index contributed by atoms with van der Waals surface area (Å²) in [5.74, 6) is 0.472. The maximum Gasteiger partial charge on any atom is 0.271 e. The lowest BCUT2D eigenvalue weighted by Gasteiger charge is -2.33. The van der Waals surface area contributed by atoms with E-state index in [0.717, 1.165) is 66.6 Å². The standard InChI is InChI=1S/C33H29FN8O3/c1-45-30-27(28(43)29(30)44)39-22-10-13-41(14-11-22)18-19-4-7-23(8-5-19)42-26(24-3-2-12-36-31(24)35)15-20-16-38-32(40-33(20)42)25-9-6-21(34)17-37-25/h2-9,12,15-17,22,39H,10-11,13-14,18H2,1H3,(H2,35,36). The van der Waals surface area contributed by atoms with Gasteiger partial charge >= 0.3 is 0 Å². The van der Waals surface area contributed by atoms with Crippen molar-refractivity contribution in [3.8, 4) is 34.2 Å². The number of anilines is 2. The minimum Gasteiger partial charge on any atom is -0.491 e. The van der Waals surface area contributed by atoms with Gasteiger partial charge in [-0.1, -0.05) is 12.1 Å². The summed E-state index contributed by atoms with van der Waals surface area (Å²) in [6.45, 7) is 2.47. The molecule has 7 rings (SSSR count). The highest BCUT2D eigenvalue weighted by Crippen LogP contribution is 2.34. The van der Waals surface area contributed by atoms with Crippen molar-refractivity contribution in [1.29, 1.82) is 0 Å². The minimum atomic E-state index is -0.567. The van der Waals surface area contributed by atoms with Crippen LogP contribution in [0.3, 0.4) is 0 Å². The maximum absolute atomic E-state index is 13.5. The van der Waals surface area contributed by atoms with E-state index in [2.05, 4.69) is 49.4 Å². The first-order chi connectivity index (χ1) is 21.9. The number of likely N-dealkylation sites (tertiary alicyclic amines) is 1. The van der Waals surface area contributed by atoms with Crippen molar-refractivity contribution in [2.75, 3.05) is 31.2 Å². The summed E-state index contributed by atoms with van der Waals surface area (Å²) in [5, 5.41) is 4.02. The molecule has 6 aromatic rings. The Morgan fingerprint density at radius 3 is 2.51 bits per heavy atom. The van der Waals surface area contributed by atoms with Crippen molar-refractivity contribution in [2.24, 2.45) is 0 Å². The first kappa shape index (κ1) is 28.3. The molecule has 2 aromatic carbocycles. The molecule has 5 heterocycles. The van der Waals surface area contributed by atoms with E-state index in [-0.39, 0.29) is 11.8 Å². The smallest absolute Gasteiger partial charge is 0.271 e. The molecular formula is C33H29FN8O3. The van der Waals surface area contributed by atoms with Gasteiger partial charge in [0, 0.05) is 54.7 Å². The van der Waals surface area contributed by atoms with E-state index in [4.69, 9.17) is 15.5 Å². The lowest BCUT2D eigenvalue weighted by Crippen LogP contribution is -2.42. The molecule has 0 atom stereocenters. The molecule has 1 aliphatic rings. The van der Waals surface area contributed by atoms with Crippen LogP contribution >= 0.6 is 0 Å². The van der Waals surface area contributed by atoms with Crippen LogP contribution in [-0.2, 0) is 6.54 Å². The topological polar surface area (TPSA) is 141 Å². The number of benzene rings is 1. The molecule has 0 bridgehead atoms. The number of pyridine rings is 2. The fraction of sp³-hybridized carbons (Fsp3) is 0.212. The third kappa shape index (κ3) is 5.29. The van der Waals surface area contributed by atoms with Gasteiger partial charge in [-0.05, 0) is 60.9 Å². The van der Waals surface area contributed by atoms with Gasteiger partial charge in [-0.2, -0.15) is 0 Å². The van der Waals surface area contributed by atoms with Crippen LogP contribution in [0.4, 0.5) is 15.9 Å². The number of nitrogens with zero attached hydrogens (tertiary/aromatic N) is 6. The van der Waals surface area contributed by atoms with Gasteiger partial charge in [-0.15, -0.1) is 0 Å². The number of nitrogens with two attached hydrogens (primary N) is 1. The maximum atomic E-state index is 13.5. The second-order valence-corrected chi connectivity index (χ2v) is 11.1. The molecule has 1 aliphatic heterocycles. The van der Waals surface area contributed by atoms with Crippen molar-refractivity contribution in [1.82, 2.24) is 29.4 Å². The Balaban J connectivity index is 1.14. The minimum absolute atomic E-state index is 0.109. The Morgan fingerprint density at radius 1 is 1.00 bits per heavy atom. The summed E-state index contributed by atoms with van der Waals surface area (Å²) in [6, 6.07) is 17.0. The number of methoxy groups -OCH3 is 1. The quantitative estimate of drug-likeness (QED) is 0.245. The molecule has 45 heavy (non-hydrogen) atoms. The average Bonchev–Trinajstić information content (AvgIpc) is 3.44. The second kappa shape index (κ2) is 11.5. The molecule has 1 fully saturated rings. The summed E-state index contributed by atoms with van der Waals surface area (Å²) in [7, 11) is 1.40. The van der Waals surface area contributed by atoms with E-state index >= 15 is 0 Å². The van der Waals surface area contributed by atoms with Crippen LogP contribution in [0.5, 0.6) is 5.75 Å². The Hall–Kier alpha value is -5.49. The van der Waals surface area contributed by atoms with Crippen molar-refractivity contribution in [3.05, 3.63) is 105 Å². The van der Waals surface area contributed by atoms with Crippen molar-refractivity contribution in [3.63, 3.8) is 0 Å². The molecular weight excluding hydrogens is 575 g/mol. The van der Waals surface area contributed by atoms with Crippen LogP contribution < -0.4 is 26.6 Å². The van der Waals surface area contributed by atoms with Crippen LogP contribution in [0.15, 0.2) is 82.8 Å². The molecule has 0 radical (unpaired) electrons. The molecule has 0 saturated carbocycles. The molecule has 226 valence electrons.